The summed E-state index contributed by atoms with van der Waals surface area (Å²) >= 11 is 0. The number of Topliss-reactive ketones (excluding diaryl/α,β-unsaturated/α-hetero) is 1. The summed E-state index contributed by atoms with van der Waals surface area (Å²) in [4.78, 5) is 21.5. The predicted octanol–water partition coefficient (Wildman–Crippen LogP) is 26.7. The van der Waals surface area contributed by atoms with Crippen LogP contribution in [0.3, 0.4) is 0 Å². The van der Waals surface area contributed by atoms with Gasteiger partial charge in [0.25, 0.3) is 0 Å². The maximum atomic E-state index is 10.9. The number of carbonyl (C=O) groups excluding carboxylic acids is 2. The van der Waals surface area contributed by atoms with Gasteiger partial charge in [0.1, 0.15) is 28.6 Å². The minimum atomic E-state index is -0.504. The number of ether oxygens (including phenoxy) is 6. The lowest BCUT2D eigenvalue weighted by Gasteiger charge is -2.22. The smallest absolute Gasteiger partial charge is 0.308 e. The molecule has 0 bridgehead atoms. The monoisotopic (exact) mass is 1870 g/mol. The fraction of sp³-hybridized carbons (Fsp3) is 0.204. The number of phenols is 15. The van der Waals surface area contributed by atoms with Gasteiger partial charge in [-0.3, -0.25) is 9.59 Å². The minimum absolute atomic E-state index is 0.0214. The molecule has 730 valence electrons. The van der Waals surface area contributed by atoms with Crippen LogP contribution < -0.4 is 28.4 Å². The van der Waals surface area contributed by atoms with E-state index in [0.717, 1.165) is 69.3 Å². The third kappa shape index (κ3) is 47.5. The van der Waals surface area contributed by atoms with E-state index in [2.05, 4.69) is 86.2 Å². The Hall–Kier alpha value is -16.3. The van der Waals surface area contributed by atoms with Crippen molar-refractivity contribution < 1.29 is 120 Å². The van der Waals surface area contributed by atoms with Crippen molar-refractivity contribution in [2.75, 3.05) is 19.8 Å². The highest BCUT2D eigenvalue weighted by molar-refractivity contribution is 5.97. The summed E-state index contributed by atoms with van der Waals surface area (Å²) in [5.74, 6) is 1.82. The number of benzene rings is 11. The van der Waals surface area contributed by atoms with Crippen LogP contribution in [0.2, 0.25) is 0 Å². The van der Waals surface area contributed by atoms with Crippen LogP contribution in [0.15, 0.2) is 266 Å². The van der Waals surface area contributed by atoms with E-state index in [0.29, 0.717) is 70.8 Å². The number of esters is 1. The number of carbonyl (C=O) groups is 2. The SMILES string of the molecule is C=Cc1cc(O)c(O)c(O)c1.C=Cc1ccc(O)c(C(C)=O)c1.C=Cc1ccc(O)c(CO)c1.C=Cc1ccc(O)c(O)c1.C=Cc1ccc(O)c(OC(C)(C)C)c1.C=Cc1ccc(O)c(OC(C)=O)c1.C=Cc1ccc(O)c(OC(C)C)c1.C=Cc1ccc(O)c(OCC)c1.C=Cc1ccc(O)c(OCCCCC)c1.C=Cc1ccc(O)c(OCCCCCC)c1.C=Cc1ccc(O)cc1O. The van der Waals surface area contributed by atoms with Gasteiger partial charge >= 0.3 is 5.97 Å². The molecule has 0 saturated heterocycles. The van der Waals surface area contributed by atoms with Crippen LogP contribution in [-0.2, 0) is 11.4 Å². The van der Waals surface area contributed by atoms with Crippen LogP contribution >= 0.6 is 0 Å². The first kappa shape index (κ1) is 119. The van der Waals surface area contributed by atoms with E-state index in [-0.39, 0.29) is 110 Å². The van der Waals surface area contributed by atoms with E-state index >= 15 is 0 Å². The van der Waals surface area contributed by atoms with Gasteiger partial charge in [-0.2, -0.15) is 0 Å². The normalized spacial score (nSPS) is 9.75. The molecule has 0 aliphatic rings. The molecule has 0 aromatic heterocycles. The Morgan fingerprint density at radius 1 is 0.321 bits per heavy atom. The number of aliphatic hydroxyl groups is 1. The summed E-state index contributed by atoms with van der Waals surface area (Å²) in [6.45, 7) is 59.7. The summed E-state index contributed by atoms with van der Waals surface area (Å²) in [7, 11) is 0. The lowest BCUT2D eigenvalue weighted by Crippen LogP contribution is -2.23. The highest BCUT2D eigenvalue weighted by atomic mass is 16.5. The number of phenolic OH excluding ortho intramolecular Hbond substituents is 14. The molecule has 24 nitrogen and oxygen atoms in total. The fourth-order valence-electron chi connectivity index (χ4n) is 10.6. The highest BCUT2D eigenvalue weighted by Gasteiger charge is 2.16. The number of rotatable bonds is 30. The molecule has 0 unspecified atom stereocenters. The Morgan fingerprint density at radius 3 is 1.01 bits per heavy atom. The van der Waals surface area contributed by atoms with Gasteiger partial charge in [-0.25, -0.2) is 0 Å². The van der Waals surface area contributed by atoms with Crippen molar-refractivity contribution in [1.29, 1.82) is 0 Å². The molecular weight excluding hydrogens is 1740 g/mol. The van der Waals surface area contributed by atoms with Crippen LogP contribution in [0.4, 0.5) is 0 Å². The van der Waals surface area contributed by atoms with E-state index in [1.807, 2.05) is 53.7 Å². The fourth-order valence-corrected chi connectivity index (χ4v) is 10.6. The molecule has 0 aliphatic carbocycles. The van der Waals surface area contributed by atoms with Crippen molar-refractivity contribution in [2.45, 2.75) is 132 Å². The van der Waals surface area contributed by atoms with E-state index in [9.17, 15) is 45.3 Å². The molecule has 0 saturated carbocycles. The Kier molecular flexibility index (Phi) is 56.5. The molecular formula is C113H134O24. The van der Waals surface area contributed by atoms with Gasteiger partial charge in [0.05, 0.1) is 38.1 Å². The molecule has 0 spiro atoms. The van der Waals surface area contributed by atoms with Gasteiger partial charge in [0.15, 0.2) is 104 Å². The first-order chi connectivity index (χ1) is 65.0. The summed E-state index contributed by atoms with van der Waals surface area (Å²) < 4.78 is 31.9. The second-order valence-corrected chi connectivity index (χ2v) is 30.3. The van der Waals surface area contributed by atoms with Crippen molar-refractivity contribution in [2.24, 2.45) is 0 Å². The van der Waals surface area contributed by atoms with Crippen molar-refractivity contribution in [3.63, 3.8) is 0 Å². The lowest BCUT2D eigenvalue weighted by atomic mass is 10.1. The van der Waals surface area contributed by atoms with Gasteiger partial charge in [-0.05, 0) is 250 Å². The molecule has 0 heterocycles. The average Bonchev–Trinajstić information content (AvgIpc) is 0.865. The zero-order valence-electron chi connectivity index (χ0n) is 79.9. The molecule has 0 amide bonds. The topological polar surface area (TPSA) is 413 Å². The summed E-state index contributed by atoms with van der Waals surface area (Å²) in [5, 5.41) is 146. The Labute approximate surface area is 805 Å². The maximum Gasteiger partial charge on any atom is 0.308 e. The maximum absolute atomic E-state index is 10.9. The summed E-state index contributed by atoms with van der Waals surface area (Å²) in [6.07, 6.45) is 26.2. The van der Waals surface area contributed by atoms with Gasteiger partial charge in [0, 0.05) is 24.1 Å². The summed E-state index contributed by atoms with van der Waals surface area (Å²) in [5.41, 5.74) is 9.77. The van der Waals surface area contributed by atoms with Crippen molar-refractivity contribution in [1.82, 2.24) is 0 Å². The van der Waals surface area contributed by atoms with Crippen LogP contribution in [0.5, 0.6) is 121 Å². The van der Waals surface area contributed by atoms with Gasteiger partial charge in [-0.15, -0.1) is 0 Å². The van der Waals surface area contributed by atoms with E-state index in [4.69, 9.17) is 74.4 Å². The standard InChI is InChI=1S/C14H20O2.C13H18O2.C12H16O2.C11H14O2.C10H10O3.C10H10O2.C10H12O2.C9H10O2.C8H8O3.2C8H8O2/c1-3-5-6-7-10-16-14-11-12(4-2)8-9-13(14)15;1-3-5-6-9-15-13-10-11(4-2)7-8-12(13)14;1-5-9-6-7-10(13)11(8-9)14-12(2,3)4;1-4-9-5-6-10(12)11(7-9)13-8(2)3;1-3-8-4-5-9(12)10(6-8)13-7(2)11;1-3-8-4-5-10(12)9(6-8)7(2)11;1-3-8-5-6-9(11)10(7-8)12-4-2;1-2-7-3-4-9(11)8(5-7)6-10;1-2-5-3-6(9)8(11)7(10)4-5;1-2-6-3-4-7(9)5-8(6)10;1-2-6-3-4-7(9)8(10)5-6/h4,8-9,11,15H,2-3,5-7,10H2,1H3;4,7-8,10,14H,2-3,5-6,9H2,1H3;5-8,13H,1H2,2-4H3;4-8,12H,1H2,2-3H3;3-6,12H,1H2,2H3;3-6,12H,1H2,2H3;3,5-7,11H,1,4H2,2H3;2-5,10-11H,1,6H2;2-4,9-11H,1H2;2*2-5,9-10H,1H2. The van der Waals surface area contributed by atoms with Crippen LogP contribution in [0.25, 0.3) is 66.8 Å². The third-order valence-electron chi connectivity index (χ3n) is 17.9. The van der Waals surface area contributed by atoms with Gasteiger partial charge in [0.2, 0.25) is 0 Å². The number of hydrogen-bond acceptors (Lipinski definition) is 24. The van der Waals surface area contributed by atoms with Crippen LogP contribution in [0.1, 0.15) is 191 Å². The second kappa shape index (κ2) is 65.3. The van der Waals surface area contributed by atoms with E-state index in [1.165, 1.54) is 100 Å². The van der Waals surface area contributed by atoms with Gasteiger partial charge in [-0.1, -0.05) is 240 Å². The summed E-state index contributed by atoms with van der Waals surface area (Å²) in [6, 6.07) is 51.9. The van der Waals surface area contributed by atoms with E-state index in [1.54, 1.807) is 188 Å². The average molecular weight is 1880 g/mol. The highest BCUT2D eigenvalue weighted by Crippen LogP contribution is 2.38. The number of ketones is 1. The molecule has 0 radical (unpaired) electrons. The van der Waals surface area contributed by atoms with E-state index < -0.39 is 11.7 Å². The predicted molar refractivity (Wildman–Crippen MR) is 556 cm³/mol. The Bertz CT molecular complexity index is 5670. The Morgan fingerprint density at radius 2 is 0.650 bits per heavy atom. The largest absolute Gasteiger partial charge is 0.508 e. The van der Waals surface area contributed by atoms with Gasteiger partial charge < -0.3 is 110 Å². The molecule has 11 aromatic carbocycles. The quantitative estimate of drug-likeness (QED) is 0.00653. The third-order valence-corrected chi connectivity index (χ3v) is 17.9. The number of aliphatic hydroxyl groups excluding tert-OH is 1. The second-order valence-electron chi connectivity index (χ2n) is 30.3. The molecule has 0 aliphatic heterocycles. The molecule has 0 fully saturated rings. The first-order valence-corrected chi connectivity index (χ1v) is 43.4. The first-order valence-electron chi connectivity index (χ1n) is 43.4. The Balaban J connectivity index is 0.000000755. The van der Waals surface area contributed by atoms with Crippen LogP contribution in [0, 0.1) is 0 Å². The molecule has 16 N–H and O–H groups in total. The number of unbranched alkanes of at least 4 members (excludes halogenated alkanes) is 5. The van der Waals surface area contributed by atoms with Crippen LogP contribution in [-0.4, -0.2) is 125 Å². The minimum Gasteiger partial charge on any atom is -0.508 e. The number of aromatic hydroxyl groups is 15. The van der Waals surface area contributed by atoms with Crippen molar-refractivity contribution >= 4 is 78.6 Å². The number of hydrogen-bond donors (Lipinski definition) is 16. The molecule has 24 heteroatoms. The molecule has 137 heavy (non-hydrogen) atoms. The molecule has 0 atom stereocenters. The van der Waals surface area contributed by atoms with Crippen molar-refractivity contribution in [3.05, 3.63) is 339 Å². The molecule has 11 aromatic rings. The zero-order chi connectivity index (χ0) is 103. The van der Waals surface area contributed by atoms with Crippen molar-refractivity contribution in [3.8, 4) is 121 Å². The zero-order valence-corrected chi connectivity index (χ0v) is 79.9. The lowest BCUT2D eigenvalue weighted by molar-refractivity contribution is -0.132. The molecule has 11 rings (SSSR count).